The van der Waals surface area contributed by atoms with E-state index in [1.54, 1.807) is 24.3 Å². The summed E-state index contributed by atoms with van der Waals surface area (Å²) < 4.78 is 7.75. The van der Waals surface area contributed by atoms with Crippen LogP contribution in [0.5, 0.6) is 5.75 Å². The average molecular weight is 509 g/mol. The van der Waals surface area contributed by atoms with Crippen LogP contribution in [0.25, 0.3) is 16.7 Å². The fraction of sp³-hybridized carbons (Fsp3) is 0.250. The highest BCUT2D eigenvalue weighted by atomic mass is 16.5. The Kier molecular flexibility index (Phi) is 6.57. The van der Waals surface area contributed by atoms with E-state index >= 15 is 0 Å². The van der Waals surface area contributed by atoms with E-state index in [0.717, 1.165) is 27.6 Å². The van der Waals surface area contributed by atoms with Gasteiger partial charge in [0.1, 0.15) is 11.5 Å². The van der Waals surface area contributed by atoms with Crippen LogP contribution >= 0.6 is 0 Å². The van der Waals surface area contributed by atoms with Crippen molar-refractivity contribution in [2.24, 2.45) is 13.0 Å². The zero-order valence-electron chi connectivity index (χ0n) is 22.4. The van der Waals surface area contributed by atoms with Crippen molar-refractivity contribution in [1.29, 1.82) is 0 Å². The van der Waals surface area contributed by atoms with Gasteiger partial charge in [-0.15, -0.1) is 0 Å². The number of aliphatic hydroxyl groups excluding tert-OH is 1. The number of fused-ring (bicyclic) bond motifs is 1. The van der Waals surface area contributed by atoms with Gasteiger partial charge in [-0.1, -0.05) is 38.1 Å². The molecule has 5 rings (SSSR count). The fourth-order valence-electron chi connectivity index (χ4n) is 5.20. The number of ketones is 1. The summed E-state index contributed by atoms with van der Waals surface area (Å²) in [6.07, 6.45) is 1.94. The highest BCUT2D eigenvalue weighted by Crippen LogP contribution is 2.45. The molecule has 1 saturated heterocycles. The average Bonchev–Trinajstić information content (AvgIpc) is 3.35. The minimum Gasteiger partial charge on any atom is -0.507 e. The predicted molar refractivity (Wildman–Crippen MR) is 150 cm³/mol. The Morgan fingerprint density at radius 3 is 2.29 bits per heavy atom. The van der Waals surface area contributed by atoms with E-state index in [1.165, 1.54) is 4.90 Å². The van der Waals surface area contributed by atoms with Gasteiger partial charge >= 0.3 is 0 Å². The van der Waals surface area contributed by atoms with Crippen molar-refractivity contribution in [3.63, 3.8) is 0 Å². The maximum absolute atomic E-state index is 13.6. The summed E-state index contributed by atoms with van der Waals surface area (Å²) in [5, 5.41) is 12.5. The minimum atomic E-state index is -0.792. The van der Waals surface area contributed by atoms with Crippen LogP contribution in [0.4, 0.5) is 5.69 Å². The molecule has 3 aromatic carbocycles. The largest absolute Gasteiger partial charge is 0.507 e. The molecule has 194 valence electrons. The number of benzene rings is 3. The molecule has 0 bridgehead atoms. The lowest BCUT2D eigenvalue weighted by Gasteiger charge is -2.25. The lowest BCUT2D eigenvalue weighted by atomic mass is 9.94. The number of aromatic nitrogens is 1. The third kappa shape index (κ3) is 4.47. The zero-order valence-corrected chi connectivity index (χ0v) is 22.4. The van der Waals surface area contributed by atoms with Gasteiger partial charge in [-0.2, -0.15) is 0 Å². The first-order chi connectivity index (χ1) is 18.2. The second kappa shape index (κ2) is 9.86. The van der Waals surface area contributed by atoms with Crippen molar-refractivity contribution >= 4 is 34.0 Å². The normalized spacial score (nSPS) is 17.1. The molecule has 1 atom stereocenters. The van der Waals surface area contributed by atoms with Gasteiger partial charge in [0.2, 0.25) is 0 Å². The number of para-hydroxylation sites is 1. The van der Waals surface area contributed by atoms with Crippen LogP contribution in [0.1, 0.15) is 42.1 Å². The molecule has 1 aromatic heterocycles. The third-order valence-electron chi connectivity index (χ3n) is 6.86. The molecule has 1 fully saturated rings. The standard InChI is InChI=1S/C32H32N2O4/c1-19(2)18-38-24-12-10-22(11-13-24)30(35)28-29(26-17-33(5)27-9-7-6-8-25(26)27)34(32(37)31(28)36)23-15-20(3)14-21(4)16-23/h6-17,19,29,35H,18H2,1-5H3/b30-28+. The topological polar surface area (TPSA) is 71.8 Å². The Hall–Kier alpha value is -4.32. The number of rotatable bonds is 6. The van der Waals surface area contributed by atoms with E-state index in [2.05, 4.69) is 13.8 Å². The number of hydrogen-bond donors (Lipinski definition) is 1. The van der Waals surface area contributed by atoms with E-state index in [0.29, 0.717) is 29.5 Å². The predicted octanol–water partition coefficient (Wildman–Crippen LogP) is 6.46. The quantitative estimate of drug-likeness (QED) is 0.184. The number of amides is 1. The summed E-state index contributed by atoms with van der Waals surface area (Å²) in [7, 11) is 1.94. The van der Waals surface area contributed by atoms with Crippen LogP contribution in [-0.2, 0) is 16.6 Å². The molecule has 2 heterocycles. The lowest BCUT2D eigenvalue weighted by Crippen LogP contribution is -2.29. The second-order valence-electron chi connectivity index (χ2n) is 10.5. The number of ether oxygens (including phenoxy) is 1. The molecule has 1 amide bonds. The lowest BCUT2D eigenvalue weighted by molar-refractivity contribution is -0.132. The number of hydrogen-bond acceptors (Lipinski definition) is 4. The molecule has 0 saturated carbocycles. The third-order valence-corrected chi connectivity index (χ3v) is 6.86. The van der Waals surface area contributed by atoms with Gasteiger partial charge in [0.05, 0.1) is 18.2 Å². The second-order valence-corrected chi connectivity index (χ2v) is 10.5. The van der Waals surface area contributed by atoms with Gasteiger partial charge < -0.3 is 14.4 Å². The molecule has 0 spiro atoms. The Labute approximate surface area is 222 Å². The SMILES string of the molecule is Cc1cc(C)cc(N2C(=O)C(=O)/C(=C(/O)c3ccc(OCC(C)C)cc3)C2c2cn(C)c3ccccc23)c1. The minimum absolute atomic E-state index is 0.0707. The number of aryl methyl sites for hydroxylation is 3. The monoisotopic (exact) mass is 508 g/mol. The fourth-order valence-corrected chi connectivity index (χ4v) is 5.20. The molecule has 1 unspecified atom stereocenters. The van der Waals surface area contributed by atoms with Crippen molar-refractivity contribution in [2.45, 2.75) is 33.7 Å². The Morgan fingerprint density at radius 2 is 1.63 bits per heavy atom. The first-order valence-electron chi connectivity index (χ1n) is 12.8. The van der Waals surface area contributed by atoms with E-state index in [4.69, 9.17) is 4.74 Å². The number of carbonyl (C=O) groups is 2. The van der Waals surface area contributed by atoms with Crippen molar-refractivity contribution in [1.82, 2.24) is 4.57 Å². The van der Waals surface area contributed by atoms with Crippen LogP contribution < -0.4 is 9.64 Å². The molecule has 1 N–H and O–H groups in total. The smallest absolute Gasteiger partial charge is 0.300 e. The summed E-state index contributed by atoms with van der Waals surface area (Å²) in [5.74, 6) is -0.517. The van der Waals surface area contributed by atoms with Gasteiger partial charge in [-0.05, 0) is 73.4 Å². The molecule has 0 radical (unpaired) electrons. The number of nitrogens with zero attached hydrogens (tertiary/aromatic N) is 2. The molecule has 1 aliphatic heterocycles. The van der Waals surface area contributed by atoms with Crippen molar-refractivity contribution in [3.05, 3.63) is 101 Å². The number of carbonyl (C=O) groups excluding carboxylic acids is 2. The highest BCUT2D eigenvalue weighted by molar-refractivity contribution is 6.52. The van der Waals surface area contributed by atoms with Crippen LogP contribution in [0.15, 0.2) is 78.5 Å². The first-order valence-corrected chi connectivity index (χ1v) is 12.8. The van der Waals surface area contributed by atoms with Crippen molar-refractivity contribution in [2.75, 3.05) is 11.5 Å². The van der Waals surface area contributed by atoms with E-state index < -0.39 is 17.7 Å². The summed E-state index contributed by atoms with van der Waals surface area (Å²) >= 11 is 0. The maximum atomic E-state index is 13.6. The molecule has 6 nitrogen and oxygen atoms in total. The summed E-state index contributed by atoms with van der Waals surface area (Å²) in [4.78, 5) is 28.7. The molecular weight excluding hydrogens is 476 g/mol. The molecule has 1 aliphatic rings. The molecule has 6 heteroatoms. The Bertz CT molecular complexity index is 1560. The number of anilines is 1. The highest BCUT2D eigenvalue weighted by Gasteiger charge is 2.48. The van der Waals surface area contributed by atoms with Gasteiger partial charge in [-0.3, -0.25) is 14.5 Å². The molecular formula is C32H32N2O4. The van der Waals surface area contributed by atoms with Gasteiger partial charge in [-0.25, -0.2) is 0 Å². The number of Topliss-reactive ketones (excluding diaryl/α,β-unsaturated/α-hetero) is 1. The van der Waals surface area contributed by atoms with E-state index in [-0.39, 0.29) is 11.3 Å². The Balaban J connectivity index is 1.70. The van der Waals surface area contributed by atoms with Crippen LogP contribution in [0.2, 0.25) is 0 Å². The number of aliphatic hydroxyl groups is 1. The first kappa shape index (κ1) is 25.3. The zero-order chi connectivity index (χ0) is 27.1. The van der Waals surface area contributed by atoms with E-state index in [1.807, 2.05) is 74.1 Å². The Morgan fingerprint density at radius 1 is 0.974 bits per heavy atom. The molecule has 0 aliphatic carbocycles. The van der Waals surface area contributed by atoms with Crippen LogP contribution in [0, 0.1) is 19.8 Å². The van der Waals surface area contributed by atoms with Gasteiger partial charge in [0.25, 0.3) is 11.7 Å². The summed E-state index contributed by atoms with van der Waals surface area (Å²) in [6.45, 7) is 8.64. The van der Waals surface area contributed by atoms with Gasteiger partial charge in [0, 0.05) is 41.0 Å². The summed E-state index contributed by atoms with van der Waals surface area (Å²) in [6, 6.07) is 19.9. The van der Waals surface area contributed by atoms with Crippen LogP contribution in [-0.4, -0.2) is 28.0 Å². The molecule has 38 heavy (non-hydrogen) atoms. The van der Waals surface area contributed by atoms with Crippen molar-refractivity contribution in [3.8, 4) is 5.75 Å². The summed E-state index contributed by atoms with van der Waals surface area (Å²) in [5.41, 5.74) is 4.86. The van der Waals surface area contributed by atoms with Gasteiger partial charge in [0.15, 0.2) is 0 Å². The maximum Gasteiger partial charge on any atom is 0.300 e. The van der Waals surface area contributed by atoms with E-state index in [9.17, 15) is 14.7 Å². The van der Waals surface area contributed by atoms with Crippen molar-refractivity contribution < 1.29 is 19.4 Å². The molecule has 4 aromatic rings. The van der Waals surface area contributed by atoms with Crippen LogP contribution in [0.3, 0.4) is 0 Å².